The standard InChI is InChI=1S/C34H43N4.C30H41N4.C22H33N4.C21H31N4/c1-23(2)27-16-14-17-28(24(3)4)32(27)38-31-20-13-12-19-30(31)35(9)33(38)36-21-22-37(26(36)6)34(7,8)29-18-11-10-15-25(29)5;1-21(2)25-14-12-15-26(22(3)4)28(25)33-18-17-31(9)29(33)32-19-20-34(24(32)6)30(7,8)27-16-11-10-13-23(27)5;1-16(2)25-15-21(23(8)18(25)4)24-13-14-26(19(24)5)22(6,7)20-12-10-9-11-17(20)3;1-16(2)25-13-12-20(22(25)7)23-14-15-24(18(23)4)21(5,6)19-11-9-8-10-17(19)3/h10-24,26H,1-9H3;10-22,24H,1-9H3;9-16,19H,1-8H3;8-16,18H,1-7H3/q4*+1/t26-;24-;19-;18-/m1111/s1. The highest BCUT2D eigenvalue weighted by molar-refractivity contribution is 5.79. The number of imidazole rings is 3. The normalized spacial score (nSPS) is 16.8. The molecule has 0 amide bonds. The summed E-state index contributed by atoms with van der Waals surface area (Å²) in [6, 6.07) is 60.4. The van der Waals surface area contributed by atoms with Crippen molar-refractivity contribution in [1.82, 2.24) is 38.0 Å². The van der Waals surface area contributed by atoms with Gasteiger partial charge < -0.3 is 24.5 Å². The molecule has 123 heavy (non-hydrogen) atoms. The summed E-state index contributed by atoms with van der Waals surface area (Å²) < 4.78 is 18.6. The van der Waals surface area contributed by atoms with Crippen LogP contribution in [0.25, 0.3) is 22.4 Å². The second-order valence-corrected chi connectivity index (χ2v) is 38.7. The Morgan fingerprint density at radius 1 is 0.350 bits per heavy atom. The summed E-state index contributed by atoms with van der Waals surface area (Å²) >= 11 is 0. The van der Waals surface area contributed by atoms with Crippen molar-refractivity contribution in [1.29, 1.82) is 0 Å². The minimum atomic E-state index is -0.162. The number of hydrogen-bond acceptors (Lipinski definition) is 8. The Bertz CT molecular complexity index is 5620. The molecule has 0 saturated carbocycles. The van der Waals surface area contributed by atoms with Crippen molar-refractivity contribution in [3.05, 3.63) is 311 Å². The summed E-state index contributed by atoms with van der Waals surface area (Å²) in [7, 11) is 8.63. The molecule has 4 aliphatic rings. The van der Waals surface area contributed by atoms with Crippen molar-refractivity contribution >= 4 is 34.6 Å². The number of aromatic nitrogens is 8. The van der Waals surface area contributed by atoms with E-state index in [-0.39, 0.29) is 46.8 Å². The smallest absolute Gasteiger partial charge is 0.347 e. The van der Waals surface area contributed by atoms with Crippen molar-refractivity contribution in [3.63, 3.8) is 0 Å². The summed E-state index contributed by atoms with van der Waals surface area (Å²) in [4.78, 5) is 19.4. The van der Waals surface area contributed by atoms with Crippen LogP contribution in [0.3, 0.4) is 0 Å². The number of anilines is 4. The molecular formula is C107H148N16+4. The number of benzene rings is 7. The van der Waals surface area contributed by atoms with E-state index in [1.807, 2.05) is 0 Å². The van der Waals surface area contributed by atoms with Gasteiger partial charge in [-0.05, 0) is 241 Å². The van der Waals surface area contributed by atoms with Crippen LogP contribution in [-0.4, -0.2) is 62.6 Å². The molecule has 4 aliphatic heterocycles. The molecule has 16 heteroatoms. The van der Waals surface area contributed by atoms with E-state index >= 15 is 0 Å². The molecule has 4 atom stereocenters. The van der Waals surface area contributed by atoms with Crippen molar-refractivity contribution in [3.8, 4) is 11.4 Å². The predicted octanol–water partition coefficient (Wildman–Crippen LogP) is 23.1. The summed E-state index contributed by atoms with van der Waals surface area (Å²) in [6.45, 7) is 66.0. The molecule has 652 valence electrons. The molecule has 0 N–H and O–H groups in total. The first-order valence-electron chi connectivity index (χ1n) is 45.2. The Kier molecular flexibility index (Phi) is 26.7. The largest absolute Gasteiger partial charge is 0.371 e. The third-order valence-corrected chi connectivity index (χ3v) is 27.3. The zero-order chi connectivity index (χ0) is 89.7. The molecule has 15 rings (SSSR count). The van der Waals surface area contributed by atoms with Crippen LogP contribution in [0.15, 0.2) is 238 Å². The van der Waals surface area contributed by atoms with Crippen molar-refractivity contribution in [2.75, 3.05) is 19.6 Å². The van der Waals surface area contributed by atoms with Gasteiger partial charge in [0.15, 0.2) is 36.6 Å². The Morgan fingerprint density at radius 2 is 0.691 bits per heavy atom. The number of rotatable bonds is 20. The van der Waals surface area contributed by atoms with Crippen LogP contribution in [0.4, 0.5) is 23.5 Å². The lowest BCUT2D eigenvalue weighted by Crippen LogP contribution is -2.49. The van der Waals surface area contributed by atoms with Gasteiger partial charge in [0.25, 0.3) is 5.82 Å². The maximum Gasteiger partial charge on any atom is 0.371 e. The number of aryl methyl sites for hydroxylation is 6. The molecule has 0 radical (unpaired) electrons. The van der Waals surface area contributed by atoms with E-state index in [2.05, 4.69) is 543 Å². The van der Waals surface area contributed by atoms with E-state index in [4.69, 9.17) is 0 Å². The van der Waals surface area contributed by atoms with Crippen LogP contribution < -0.4 is 38.0 Å². The van der Waals surface area contributed by atoms with E-state index in [1.165, 1.54) is 119 Å². The van der Waals surface area contributed by atoms with E-state index < -0.39 is 0 Å². The molecule has 0 spiro atoms. The lowest BCUT2D eigenvalue weighted by atomic mass is 9.88. The van der Waals surface area contributed by atoms with Crippen molar-refractivity contribution in [2.24, 2.45) is 28.2 Å². The molecule has 8 heterocycles. The molecule has 16 nitrogen and oxygen atoms in total. The summed E-state index contributed by atoms with van der Waals surface area (Å²) in [5, 5.41) is 0. The summed E-state index contributed by atoms with van der Waals surface area (Å²) in [5.41, 5.74) is 21.0. The molecule has 4 aromatic heterocycles. The van der Waals surface area contributed by atoms with Crippen LogP contribution in [0.2, 0.25) is 0 Å². The lowest BCUT2D eigenvalue weighted by Gasteiger charge is -2.42. The van der Waals surface area contributed by atoms with E-state index in [1.54, 1.807) is 0 Å². The van der Waals surface area contributed by atoms with Gasteiger partial charge in [-0.3, -0.25) is 4.90 Å². The second-order valence-electron chi connectivity index (χ2n) is 38.7. The van der Waals surface area contributed by atoms with Gasteiger partial charge in [0.1, 0.15) is 40.9 Å². The van der Waals surface area contributed by atoms with Gasteiger partial charge in [0.2, 0.25) is 5.82 Å². The van der Waals surface area contributed by atoms with Gasteiger partial charge in [0.05, 0.1) is 81.1 Å². The monoisotopic (exact) mass is 1660 g/mol. The Morgan fingerprint density at radius 3 is 1.05 bits per heavy atom. The Balaban J connectivity index is 0.000000152. The third-order valence-electron chi connectivity index (χ3n) is 27.3. The Hall–Kier alpha value is -11.0. The highest BCUT2D eigenvalue weighted by Crippen LogP contribution is 2.45. The number of para-hydroxylation sites is 4. The Labute approximate surface area is 739 Å². The lowest BCUT2D eigenvalue weighted by molar-refractivity contribution is -0.789. The summed E-state index contributed by atoms with van der Waals surface area (Å²) in [5.74, 6) is 7.75. The van der Waals surface area contributed by atoms with Crippen molar-refractivity contribution < 1.29 is 18.4 Å². The van der Waals surface area contributed by atoms with Crippen LogP contribution in [-0.2, 0) is 50.3 Å². The SMILES string of the molecule is Cc1ccccc1C(C)(C)N1C=CN(c2c[n+](C(C)C)c(C)n2C)[C@H]1C.Cc1ccccc1C(C)(C)N1C=CN(c2cc[n+](C(C)C)n2C)[C@H]1C.Cc1ccccc1C(C)(C)N1C=CN(c2n(-c3c(C(C)C)cccc3C(C)C)c3ccccc3[n+]2C)[C@H]1C.Cc1ccccc1C(C)(C)N1C=CN(c2n(-c3c(C(C)C)cccc3C(C)C)cc[n+]2C)[C@H]1C. The van der Waals surface area contributed by atoms with Crippen LogP contribution >= 0.6 is 0 Å². The van der Waals surface area contributed by atoms with Gasteiger partial charge in [0, 0.05) is 44.1 Å². The molecular weight excluding hydrogens is 1510 g/mol. The molecule has 11 aromatic rings. The minimum Gasteiger partial charge on any atom is -0.347 e. The van der Waals surface area contributed by atoms with Crippen molar-refractivity contribution in [2.45, 2.75) is 283 Å². The maximum atomic E-state index is 2.52. The fourth-order valence-corrected chi connectivity index (χ4v) is 20.3. The average Bonchev–Trinajstić information content (AvgIpc) is 1.57. The van der Waals surface area contributed by atoms with Gasteiger partial charge in [-0.2, -0.15) is 4.57 Å². The van der Waals surface area contributed by atoms with Gasteiger partial charge in [-0.15, -0.1) is 9.36 Å². The summed E-state index contributed by atoms with van der Waals surface area (Å²) in [6.07, 6.45) is 27.5. The molecule has 0 bridgehead atoms. The first kappa shape index (κ1) is 91.2. The zero-order valence-corrected chi connectivity index (χ0v) is 80.9. The molecule has 0 aliphatic carbocycles. The quantitative estimate of drug-likeness (QED) is 0.0700. The molecule has 0 fully saturated rings. The first-order chi connectivity index (χ1) is 58.0. The number of nitrogens with zero attached hydrogens (tertiary/aromatic N) is 16. The van der Waals surface area contributed by atoms with Crippen LogP contribution in [0.1, 0.15) is 275 Å². The van der Waals surface area contributed by atoms with Crippen LogP contribution in [0, 0.1) is 34.6 Å². The highest BCUT2D eigenvalue weighted by atomic mass is 15.5. The predicted molar refractivity (Wildman–Crippen MR) is 513 cm³/mol. The van der Waals surface area contributed by atoms with E-state index in [0.29, 0.717) is 35.8 Å². The van der Waals surface area contributed by atoms with E-state index in [9.17, 15) is 0 Å². The third kappa shape index (κ3) is 17.1. The van der Waals surface area contributed by atoms with Gasteiger partial charge in [-0.25, -0.2) is 32.6 Å². The fourth-order valence-electron chi connectivity index (χ4n) is 20.3. The highest BCUT2D eigenvalue weighted by Gasteiger charge is 2.47. The van der Waals surface area contributed by atoms with E-state index in [0.717, 1.165) is 0 Å². The van der Waals surface area contributed by atoms with Gasteiger partial charge >= 0.3 is 11.9 Å². The zero-order valence-electron chi connectivity index (χ0n) is 80.9. The second kappa shape index (κ2) is 36.1. The maximum absolute atomic E-state index is 2.52. The first-order valence-corrected chi connectivity index (χ1v) is 45.2. The van der Waals surface area contributed by atoms with Gasteiger partial charge in [-0.1, -0.05) is 201 Å². The molecule has 7 aromatic carbocycles. The van der Waals surface area contributed by atoms with Crippen LogP contribution in [0.5, 0.6) is 0 Å². The molecule has 0 saturated heterocycles. The average molecular weight is 1660 g/mol. The topological polar surface area (TPSA) is 61.2 Å². The number of fused-ring (bicyclic) bond motifs is 1. The molecule has 0 unspecified atom stereocenters. The minimum absolute atomic E-state index is 0.0742. The number of hydrogen-bond donors (Lipinski definition) is 0. The fraction of sp³-hybridized carbons (Fsp3) is 0.439.